The van der Waals surface area contributed by atoms with Gasteiger partial charge < -0.3 is 14.4 Å². The van der Waals surface area contributed by atoms with Gasteiger partial charge >= 0.3 is 12.1 Å². The number of fused-ring (bicyclic) bond motifs is 5. The van der Waals surface area contributed by atoms with E-state index in [1.165, 1.54) is 24.8 Å². The summed E-state index contributed by atoms with van der Waals surface area (Å²) in [5.41, 5.74) is 4.71. The van der Waals surface area contributed by atoms with Crippen LogP contribution in [0.1, 0.15) is 81.1 Å². The molecule has 0 bridgehead atoms. The van der Waals surface area contributed by atoms with Gasteiger partial charge in [-0.25, -0.2) is 9.59 Å². The summed E-state index contributed by atoms with van der Waals surface area (Å²) in [6, 6.07) is 13.5. The number of hydrogen-bond acceptors (Lipinski definition) is 3. The van der Waals surface area contributed by atoms with Crippen LogP contribution < -0.4 is 4.90 Å². The van der Waals surface area contributed by atoms with Crippen molar-refractivity contribution >= 4 is 28.7 Å². The van der Waals surface area contributed by atoms with Gasteiger partial charge in [-0.2, -0.15) is 0 Å². The molecule has 1 N–H and O–H groups in total. The normalized spacial score (nSPS) is 17.5. The Kier molecular flexibility index (Phi) is 6.37. The third kappa shape index (κ3) is 4.52. The second-order valence-electron chi connectivity index (χ2n) is 10.8. The summed E-state index contributed by atoms with van der Waals surface area (Å²) < 4.78 is 8.04. The molecular weight excluding hydrogens is 452 g/mol. The van der Waals surface area contributed by atoms with E-state index in [1.54, 1.807) is 11.0 Å². The predicted octanol–water partition coefficient (Wildman–Crippen LogP) is 7.71. The Labute approximate surface area is 212 Å². The Hall–Kier alpha value is -3.54. The first-order valence-electron chi connectivity index (χ1n) is 12.9. The van der Waals surface area contributed by atoms with Crippen LogP contribution in [0.25, 0.3) is 22.2 Å². The van der Waals surface area contributed by atoms with E-state index in [2.05, 4.69) is 10.6 Å². The maximum absolute atomic E-state index is 13.3. The molecule has 1 saturated carbocycles. The van der Waals surface area contributed by atoms with Crippen molar-refractivity contribution in [2.24, 2.45) is 0 Å². The quantitative estimate of drug-likeness (QED) is 0.403. The molecule has 2 aromatic carbocycles. The Morgan fingerprint density at radius 3 is 2.50 bits per heavy atom. The van der Waals surface area contributed by atoms with Crippen LogP contribution in [-0.2, 0) is 11.3 Å². The van der Waals surface area contributed by atoms with E-state index in [-0.39, 0.29) is 5.56 Å². The average molecular weight is 487 g/mol. The lowest BCUT2D eigenvalue weighted by Gasteiger charge is -2.28. The minimum atomic E-state index is -0.925. The van der Waals surface area contributed by atoms with Crippen molar-refractivity contribution in [3.63, 3.8) is 0 Å². The van der Waals surface area contributed by atoms with Gasteiger partial charge in [0.15, 0.2) is 0 Å². The van der Waals surface area contributed by atoms with Crippen LogP contribution in [0.4, 0.5) is 10.5 Å². The fourth-order valence-electron chi connectivity index (χ4n) is 5.65. The van der Waals surface area contributed by atoms with Gasteiger partial charge in [-0.15, -0.1) is 0 Å². The minimum absolute atomic E-state index is 0.289. The summed E-state index contributed by atoms with van der Waals surface area (Å²) in [7, 11) is 0. The maximum atomic E-state index is 13.3. The highest BCUT2D eigenvalue weighted by Gasteiger charge is 2.31. The van der Waals surface area contributed by atoms with E-state index in [4.69, 9.17) is 4.74 Å². The van der Waals surface area contributed by atoms with Gasteiger partial charge in [-0.1, -0.05) is 49.6 Å². The first-order valence-corrected chi connectivity index (χ1v) is 12.9. The number of aromatic carboxylic acids is 1. The molecule has 6 heteroatoms. The smallest absolute Gasteiger partial charge is 0.418 e. The zero-order valence-electron chi connectivity index (χ0n) is 21.3. The van der Waals surface area contributed by atoms with Crippen molar-refractivity contribution in [1.82, 2.24) is 4.57 Å². The van der Waals surface area contributed by atoms with E-state index < -0.39 is 17.7 Å². The van der Waals surface area contributed by atoms with Crippen LogP contribution >= 0.6 is 0 Å². The molecule has 0 radical (unpaired) electrons. The molecule has 1 amide bonds. The van der Waals surface area contributed by atoms with Gasteiger partial charge in [-0.3, -0.25) is 4.90 Å². The molecule has 2 aliphatic rings. The fraction of sp³-hybridized carbons (Fsp3) is 0.400. The van der Waals surface area contributed by atoms with E-state index in [1.807, 2.05) is 63.4 Å². The summed E-state index contributed by atoms with van der Waals surface area (Å²) in [6.45, 7) is 6.30. The van der Waals surface area contributed by atoms with Crippen LogP contribution in [0, 0.1) is 0 Å². The molecule has 5 rings (SSSR count). The Balaban J connectivity index is 1.79. The van der Waals surface area contributed by atoms with Crippen LogP contribution in [0.3, 0.4) is 0 Å². The molecular formula is C30H34N2O4. The number of rotatable bonds is 2. The largest absolute Gasteiger partial charge is 0.478 e. The second-order valence-corrected chi connectivity index (χ2v) is 10.8. The summed E-state index contributed by atoms with van der Waals surface area (Å²) in [4.78, 5) is 26.8. The SMILES string of the molecule is CC(C)(C)OC(=O)N1/C=C\CCn2c(c(C3CCCCC3)c3ccc(C(=O)O)cc32)-c2ccccc21. The van der Waals surface area contributed by atoms with Gasteiger partial charge in [0.1, 0.15) is 5.60 Å². The number of hydrogen-bond donors (Lipinski definition) is 1. The first kappa shape index (κ1) is 24.2. The molecule has 1 aliphatic heterocycles. The molecule has 1 fully saturated rings. The number of allylic oxidation sites excluding steroid dienone is 1. The van der Waals surface area contributed by atoms with E-state index >= 15 is 0 Å². The lowest BCUT2D eigenvalue weighted by molar-refractivity contribution is 0.0595. The number of para-hydroxylation sites is 1. The third-order valence-electron chi connectivity index (χ3n) is 7.15. The molecule has 6 nitrogen and oxygen atoms in total. The highest BCUT2D eigenvalue weighted by atomic mass is 16.6. The number of amides is 1. The van der Waals surface area contributed by atoms with Crippen molar-refractivity contribution in [2.45, 2.75) is 77.4 Å². The number of anilines is 1. The minimum Gasteiger partial charge on any atom is -0.478 e. The molecule has 188 valence electrons. The second kappa shape index (κ2) is 9.49. The maximum Gasteiger partial charge on any atom is 0.418 e. The number of benzene rings is 2. The lowest BCUT2D eigenvalue weighted by atomic mass is 9.81. The first-order chi connectivity index (χ1) is 17.2. The van der Waals surface area contributed by atoms with Crippen LogP contribution in [0.15, 0.2) is 54.7 Å². The van der Waals surface area contributed by atoms with Gasteiger partial charge in [0.2, 0.25) is 0 Å². The van der Waals surface area contributed by atoms with Gasteiger partial charge in [-0.05, 0) is 69.7 Å². The van der Waals surface area contributed by atoms with E-state index in [0.717, 1.165) is 40.7 Å². The van der Waals surface area contributed by atoms with Gasteiger partial charge in [0.25, 0.3) is 0 Å². The number of carboxylic acid groups (broad SMARTS) is 1. The zero-order chi connectivity index (χ0) is 25.4. The number of carbonyl (C=O) groups excluding carboxylic acids is 1. The highest BCUT2D eigenvalue weighted by molar-refractivity contribution is 6.01. The highest BCUT2D eigenvalue weighted by Crippen LogP contribution is 2.47. The Bertz CT molecular complexity index is 1340. The molecule has 2 heterocycles. The zero-order valence-corrected chi connectivity index (χ0v) is 21.3. The number of nitrogens with zero attached hydrogens (tertiary/aromatic N) is 2. The number of carboxylic acids is 1. The summed E-state index contributed by atoms with van der Waals surface area (Å²) >= 11 is 0. The molecule has 1 aliphatic carbocycles. The number of ether oxygens (including phenoxy) is 1. The van der Waals surface area contributed by atoms with Crippen molar-refractivity contribution < 1.29 is 19.4 Å². The van der Waals surface area contributed by atoms with Crippen LogP contribution in [0.2, 0.25) is 0 Å². The molecule has 1 aromatic heterocycles. The van der Waals surface area contributed by atoms with Crippen molar-refractivity contribution in [3.8, 4) is 11.3 Å². The lowest BCUT2D eigenvalue weighted by Crippen LogP contribution is -2.33. The number of aromatic nitrogens is 1. The number of carbonyl (C=O) groups is 2. The van der Waals surface area contributed by atoms with Crippen LogP contribution in [-0.4, -0.2) is 27.3 Å². The molecule has 0 spiro atoms. The monoisotopic (exact) mass is 486 g/mol. The number of aryl methyl sites for hydroxylation is 1. The van der Waals surface area contributed by atoms with Crippen LogP contribution in [0.5, 0.6) is 0 Å². The molecule has 0 saturated heterocycles. The molecule has 3 aromatic rings. The molecule has 36 heavy (non-hydrogen) atoms. The van der Waals surface area contributed by atoms with Gasteiger partial charge in [0, 0.05) is 29.2 Å². The van der Waals surface area contributed by atoms with Crippen molar-refractivity contribution in [3.05, 3.63) is 65.9 Å². The standard InChI is InChI=1S/C30H34N2O4/c1-30(2,3)36-29(35)32-18-10-9-17-31-25-19-21(28(33)34)15-16-22(25)26(20-11-5-4-6-12-20)27(31)23-13-7-8-14-24(23)32/h7-8,10,13-16,18-20H,4-6,9,11-12,17H2,1-3H3,(H,33,34)/b18-10-. The van der Waals surface area contributed by atoms with E-state index in [0.29, 0.717) is 18.9 Å². The average Bonchev–Trinajstić information content (AvgIpc) is 3.19. The Morgan fingerprint density at radius 2 is 1.78 bits per heavy atom. The van der Waals surface area contributed by atoms with Gasteiger partial charge in [0.05, 0.1) is 16.9 Å². The summed E-state index contributed by atoms with van der Waals surface area (Å²) in [6.07, 6.45) is 9.95. The topological polar surface area (TPSA) is 71.8 Å². The predicted molar refractivity (Wildman–Crippen MR) is 143 cm³/mol. The summed E-state index contributed by atoms with van der Waals surface area (Å²) in [5.74, 6) is -0.531. The Morgan fingerprint density at radius 1 is 1.03 bits per heavy atom. The third-order valence-corrected chi connectivity index (χ3v) is 7.15. The van der Waals surface area contributed by atoms with E-state index in [9.17, 15) is 14.7 Å². The van der Waals surface area contributed by atoms with Crippen molar-refractivity contribution in [2.75, 3.05) is 4.90 Å². The molecule has 0 unspecified atom stereocenters. The summed E-state index contributed by atoms with van der Waals surface area (Å²) in [5, 5.41) is 10.8. The fourth-order valence-corrected chi connectivity index (χ4v) is 5.65. The van der Waals surface area contributed by atoms with Crippen molar-refractivity contribution in [1.29, 1.82) is 0 Å². The molecule has 0 atom stereocenters.